The molecule has 0 spiro atoms. The van der Waals surface area contributed by atoms with Crippen molar-refractivity contribution >= 4 is 11.6 Å². The first-order valence-electron chi connectivity index (χ1n) is 11.0. The van der Waals surface area contributed by atoms with E-state index in [1.807, 2.05) is 54.1 Å². The molecule has 1 aliphatic heterocycles. The van der Waals surface area contributed by atoms with Crippen LogP contribution in [0.25, 0.3) is 0 Å². The van der Waals surface area contributed by atoms with Gasteiger partial charge in [-0.3, -0.25) is 14.4 Å². The van der Waals surface area contributed by atoms with E-state index in [-0.39, 0.29) is 11.9 Å². The van der Waals surface area contributed by atoms with Gasteiger partial charge in [0.25, 0.3) is 0 Å². The lowest BCUT2D eigenvalue weighted by Crippen LogP contribution is -2.46. The van der Waals surface area contributed by atoms with Gasteiger partial charge in [-0.1, -0.05) is 30.7 Å². The van der Waals surface area contributed by atoms with E-state index in [0.29, 0.717) is 24.7 Å². The molecule has 3 aromatic rings. The number of nitrogens with zero attached hydrogens (tertiary/aromatic N) is 4. The highest BCUT2D eigenvalue weighted by atomic mass is 16.5. The van der Waals surface area contributed by atoms with Gasteiger partial charge >= 0.3 is 0 Å². The van der Waals surface area contributed by atoms with Crippen molar-refractivity contribution in [1.82, 2.24) is 19.7 Å². The number of para-hydroxylation sites is 1. The molecular weight excluding hydrogens is 402 g/mol. The van der Waals surface area contributed by atoms with Crippen molar-refractivity contribution in [2.45, 2.75) is 45.3 Å². The second kappa shape index (κ2) is 10.2. The zero-order chi connectivity index (χ0) is 22.3. The number of hydrogen-bond donors (Lipinski definition) is 1. The molecule has 0 aliphatic carbocycles. The highest BCUT2D eigenvalue weighted by molar-refractivity contribution is 5.94. The summed E-state index contributed by atoms with van der Waals surface area (Å²) in [5.74, 6) is 1.21. The lowest BCUT2D eigenvalue weighted by molar-refractivity contribution is -0.122. The second-order valence-corrected chi connectivity index (χ2v) is 8.02. The van der Waals surface area contributed by atoms with Crippen molar-refractivity contribution in [1.29, 1.82) is 0 Å². The molecule has 4 rings (SSSR count). The fourth-order valence-corrected chi connectivity index (χ4v) is 3.99. The minimum Gasteiger partial charge on any atom is -0.439 e. The molecule has 1 amide bonds. The maximum atomic E-state index is 13.1. The topological polar surface area (TPSA) is 72.3 Å². The fourth-order valence-electron chi connectivity index (χ4n) is 3.99. The van der Waals surface area contributed by atoms with E-state index in [9.17, 15) is 4.79 Å². The Bertz CT molecular complexity index is 1050. The number of nitrogens with one attached hydrogen (secondary N) is 1. The van der Waals surface area contributed by atoms with Gasteiger partial charge in [-0.25, -0.2) is 4.98 Å². The predicted molar refractivity (Wildman–Crippen MR) is 125 cm³/mol. The monoisotopic (exact) mass is 431 g/mol. The molecule has 0 bridgehead atoms. The first-order chi connectivity index (χ1) is 15.6. The van der Waals surface area contributed by atoms with E-state index < -0.39 is 0 Å². The van der Waals surface area contributed by atoms with Gasteiger partial charge in [0, 0.05) is 24.4 Å². The molecule has 7 heteroatoms. The summed E-state index contributed by atoms with van der Waals surface area (Å²) in [6, 6.07) is 12.9. The van der Waals surface area contributed by atoms with Crippen LogP contribution in [0.1, 0.15) is 30.5 Å². The number of hydrogen-bond acceptors (Lipinski definition) is 5. The number of carbonyl (C=O) groups excluding carboxylic acids is 1. The van der Waals surface area contributed by atoms with Crippen LogP contribution in [0.4, 0.5) is 5.69 Å². The van der Waals surface area contributed by atoms with Crippen molar-refractivity contribution in [2.24, 2.45) is 0 Å². The Morgan fingerprint density at radius 3 is 2.84 bits per heavy atom. The molecule has 1 aromatic carbocycles. The Labute approximate surface area is 188 Å². The Hall–Kier alpha value is -3.45. The van der Waals surface area contributed by atoms with E-state index >= 15 is 0 Å². The molecule has 3 heterocycles. The molecule has 1 N–H and O–H groups in total. The number of allylic oxidation sites excluding steroid dienone is 1. The Morgan fingerprint density at radius 1 is 1.25 bits per heavy atom. The summed E-state index contributed by atoms with van der Waals surface area (Å²) in [7, 11) is 0. The number of pyridine rings is 1. The third-order valence-electron chi connectivity index (χ3n) is 5.62. The Balaban J connectivity index is 1.39. The van der Waals surface area contributed by atoms with E-state index in [4.69, 9.17) is 4.74 Å². The zero-order valence-corrected chi connectivity index (χ0v) is 18.4. The zero-order valence-electron chi connectivity index (χ0n) is 18.4. The molecule has 166 valence electrons. The standard InChI is InChI=1S/C25H29N5O2/c1-3-14-30-18-20(19(2)28-30)17-29-15-8-7-11-23(29)25(31)27-21-12-13-24(26-16-21)32-22-9-5-4-6-10-22/h3-6,9-10,12-13,16,18,23H,1,7-8,11,14-15,17H2,2H3,(H,27,31). The lowest BCUT2D eigenvalue weighted by atomic mass is 10.0. The fraction of sp³-hybridized carbons (Fsp3) is 0.320. The molecule has 0 radical (unpaired) electrons. The Kier molecular flexibility index (Phi) is 6.97. The van der Waals surface area contributed by atoms with Crippen molar-refractivity contribution < 1.29 is 9.53 Å². The van der Waals surface area contributed by atoms with Crippen LogP contribution < -0.4 is 10.1 Å². The van der Waals surface area contributed by atoms with Gasteiger partial charge in [0.15, 0.2) is 0 Å². The summed E-state index contributed by atoms with van der Waals surface area (Å²) < 4.78 is 7.61. The molecule has 0 saturated carbocycles. The van der Waals surface area contributed by atoms with Crippen LogP contribution in [-0.4, -0.2) is 38.2 Å². The van der Waals surface area contributed by atoms with Gasteiger partial charge in [0.05, 0.1) is 30.2 Å². The number of piperidine rings is 1. The summed E-state index contributed by atoms with van der Waals surface area (Å²) in [4.78, 5) is 19.7. The van der Waals surface area contributed by atoms with Crippen molar-refractivity contribution in [3.05, 3.63) is 78.8 Å². The normalized spacial score (nSPS) is 16.5. The average Bonchev–Trinajstić information content (AvgIpc) is 3.15. The SMILES string of the molecule is C=CCn1cc(CN2CCCCC2C(=O)Nc2ccc(Oc3ccccc3)nc2)c(C)n1. The third kappa shape index (κ3) is 5.42. The quantitative estimate of drug-likeness (QED) is 0.530. The number of rotatable bonds is 8. The van der Waals surface area contributed by atoms with E-state index in [0.717, 1.165) is 42.8 Å². The third-order valence-corrected chi connectivity index (χ3v) is 5.62. The predicted octanol–water partition coefficient (Wildman–Crippen LogP) is 4.56. The van der Waals surface area contributed by atoms with E-state index in [1.165, 1.54) is 0 Å². The van der Waals surface area contributed by atoms with Crippen LogP contribution in [0.2, 0.25) is 0 Å². The number of benzene rings is 1. The van der Waals surface area contributed by atoms with Crippen LogP contribution in [-0.2, 0) is 17.9 Å². The molecule has 32 heavy (non-hydrogen) atoms. The summed E-state index contributed by atoms with van der Waals surface area (Å²) >= 11 is 0. The number of likely N-dealkylation sites (tertiary alicyclic amines) is 1. The van der Waals surface area contributed by atoms with Crippen LogP contribution in [0.5, 0.6) is 11.6 Å². The summed E-state index contributed by atoms with van der Waals surface area (Å²) in [5, 5.41) is 7.57. The number of aryl methyl sites for hydroxylation is 1. The number of aromatic nitrogens is 3. The molecule has 1 saturated heterocycles. The smallest absolute Gasteiger partial charge is 0.241 e. The molecular formula is C25H29N5O2. The maximum absolute atomic E-state index is 13.1. The van der Waals surface area contributed by atoms with Crippen LogP contribution >= 0.6 is 0 Å². The summed E-state index contributed by atoms with van der Waals surface area (Å²) in [6.45, 7) is 8.08. The number of carbonyl (C=O) groups is 1. The molecule has 1 atom stereocenters. The second-order valence-electron chi connectivity index (χ2n) is 8.02. The molecule has 2 aromatic heterocycles. The van der Waals surface area contributed by atoms with Crippen LogP contribution in [0.3, 0.4) is 0 Å². The van der Waals surface area contributed by atoms with Crippen LogP contribution in [0, 0.1) is 6.92 Å². The minimum atomic E-state index is -0.175. The number of amides is 1. The van der Waals surface area contributed by atoms with Gasteiger partial charge in [-0.2, -0.15) is 5.10 Å². The average molecular weight is 432 g/mol. The van der Waals surface area contributed by atoms with E-state index in [1.54, 1.807) is 12.3 Å². The highest BCUT2D eigenvalue weighted by Crippen LogP contribution is 2.23. The van der Waals surface area contributed by atoms with Gasteiger partial charge in [-0.15, -0.1) is 6.58 Å². The van der Waals surface area contributed by atoms with E-state index in [2.05, 4.69) is 33.1 Å². The van der Waals surface area contributed by atoms with Gasteiger partial charge in [-0.05, 0) is 44.5 Å². The lowest BCUT2D eigenvalue weighted by Gasteiger charge is -2.34. The number of anilines is 1. The highest BCUT2D eigenvalue weighted by Gasteiger charge is 2.29. The summed E-state index contributed by atoms with van der Waals surface area (Å²) in [5.41, 5.74) is 2.81. The van der Waals surface area contributed by atoms with Gasteiger partial charge in [0.2, 0.25) is 11.8 Å². The molecule has 1 unspecified atom stereocenters. The molecule has 1 aliphatic rings. The maximum Gasteiger partial charge on any atom is 0.241 e. The van der Waals surface area contributed by atoms with Gasteiger partial charge in [0.1, 0.15) is 5.75 Å². The number of ether oxygens (including phenoxy) is 1. The Morgan fingerprint density at radius 2 is 2.09 bits per heavy atom. The largest absolute Gasteiger partial charge is 0.439 e. The van der Waals surface area contributed by atoms with Crippen molar-refractivity contribution in [3.8, 4) is 11.6 Å². The first kappa shape index (κ1) is 21.8. The minimum absolute atomic E-state index is 0.000589. The summed E-state index contributed by atoms with van der Waals surface area (Å²) in [6.07, 6.45) is 8.50. The van der Waals surface area contributed by atoms with Crippen molar-refractivity contribution in [2.75, 3.05) is 11.9 Å². The van der Waals surface area contributed by atoms with Crippen LogP contribution in [0.15, 0.2) is 67.5 Å². The molecule has 7 nitrogen and oxygen atoms in total. The van der Waals surface area contributed by atoms with Crippen molar-refractivity contribution in [3.63, 3.8) is 0 Å². The molecule has 1 fully saturated rings. The van der Waals surface area contributed by atoms with Gasteiger partial charge < -0.3 is 10.1 Å². The first-order valence-corrected chi connectivity index (χ1v) is 11.0.